The third kappa shape index (κ3) is 2.20. The molecule has 0 aromatic heterocycles. The smallest absolute Gasteiger partial charge is 0.107 e. The zero-order valence-corrected chi connectivity index (χ0v) is 8.76. The van der Waals surface area contributed by atoms with Crippen LogP contribution >= 0.6 is 0 Å². The van der Waals surface area contributed by atoms with Crippen molar-refractivity contribution in [1.82, 2.24) is 0 Å². The van der Waals surface area contributed by atoms with E-state index in [1.165, 1.54) is 5.56 Å². The van der Waals surface area contributed by atoms with Gasteiger partial charge < -0.3 is 14.9 Å². The number of rotatable bonds is 2. The van der Waals surface area contributed by atoms with Crippen LogP contribution in [0.15, 0.2) is 24.3 Å². The van der Waals surface area contributed by atoms with Crippen LogP contribution in [0.25, 0.3) is 0 Å². The van der Waals surface area contributed by atoms with E-state index >= 15 is 0 Å². The summed E-state index contributed by atoms with van der Waals surface area (Å²) in [4.78, 5) is 0. The van der Waals surface area contributed by atoms with E-state index < -0.39 is 12.2 Å². The standard InChI is InChI=1S/C12H16O3/c1-8-2-4-9(5-3-8)11-6-10(14)12(7-13)15-11/h2-5,10-14H,6-7H2,1H3/t10-,11+,12+/m0/s1. The van der Waals surface area contributed by atoms with E-state index in [4.69, 9.17) is 9.84 Å². The number of hydrogen-bond donors (Lipinski definition) is 2. The quantitative estimate of drug-likeness (QED) is 0.767. The lowest BCUT2D eigenvalue weighted by atomic mass is 10.0. The zero-order chi connectivity index (χ0) is 10.8. The molecule has 3 nitrogen and oxygen atoms in total. The lowest BCUT2D eigenvalue weighted by Gasteiger charge is -2.12. The fraction of sp³-hybridized carbons (Fsp3) is 0.500. The van der Waals surface area contributed by atoms with Crippen LogP contribution in [-0.4, -0.2) is 29.0 Å². The van der Waals surface area contributed by atoms with Gasteiger partial charge in [0.05, 0.1) is 18.8 Å². The second-order valence-electron chi connectivity index (χ2n) is 4.06. The Bertz CT molecular complexity index is 320. The zero-order valence-electron chi connectivity index (χ0n) is 8.76. The van der Waals surface area contributed by atoms with Crippen LogP contribution in [0.1, 0.15) is 23.7 Å². The van der Waals surface area contributed by atoms with Crippen molar-refractivity contribution in [2.75, 3.05) is 6.61 Å². The number of benzene rings is 1. The van der Waals surface area contributed by atoms with Gasteiger partial charge in [-0.1, -0.05) is 29.8 Å². The number of aliphatic hydroxyl groups excluding tert-OH is 2. The van der Waals surface area contributed by atoms with Gasteiger partial charge in [-0.25, -0.2) is 0 Å². The molecule has 0 spiro atoms. The number of hydrogen-bond acceptors (Lipinski definition) is 3. The van der Waals surface area contributed by atoms with Crippen molar-refractivity contribution in [2.24, 2.45) is 0 Å². The van der Waals surface area contributed by atoms with Crippen LogP contribution in [0.5, 0.6) is 0 Å². The summed E-state index contributed by atoms with van der Waals surface area (Å²) in [6, 6.07) is 8.06. The van der Waals surface area contributed by atoms with Crippen molar-refractivity contribution in [3.05, 3.63) is 35.4 Å². The Labute approximate surface area is 89.3 Å². The van der Waals surface area contributed by atoms with Gasteiger partial charge in [-0.05, 0) is 12.5 Å². The number of aliphatic hydroxyl groups is 2. The van der Waals surface area contributed by atoms with E-state index in [1.54, 1.807) is 0 Å². The molecule has 0 amide bonds. The van der Waals surface area contributed by atoms with Crippen molar-refractivity contribution in [2.45, 2.75) is 31.7 Å². The molecular formula is C12H16O3. The van der Waals surface area contributed by atoms with Crippen LogP contribution in [0.2, 0.25) is 0 Å². The summed E-state index contributed by atoms with van der Waals surface area (Å²) in [7, 11) is 0. The lowest BCUT2D eigenvalue weighted by Crippen LogP contribution is -2.24. The third-order valence-electron chi connectivity index (χ3n) is 2.85. The largest absolute Gasteiger partial charge is 0.394 e. The molecule has 1 aliphatic heterocycles. The molecule has 1 aromatic carbocycles. The SMILES string of the molecule is Cc1ccc([C@H]2C[C@H](O)[C@@H](CO)O2)cc1. The van der Waals surface area contributed by atoms with E-state index in [9.17, 15) is 5.11 Å². The Kier molecular flexibility index (Phi) is 3.05. The molecule has 0 saturated carbocycles. The molecule has 1 aliphatic rings. The minimum Gasteiger partial charge on any atom is -0.394 e. The minimum absolute atomic E-state index is 0.0854. The minimum atomic E-state index is -0.554. The first kappa shape index (κ1) is 10.6. The van der Waals surface area contributed by atoms with Crippen molar-refractivity contribution in [3.8, 4) is 0 Å². The molecule has 3 atom stereocenters. The van der Waals surface area contributed by atoms with E-state index in [-0.39, 0.29) is 12.7 Å². The van der Waals surface area contributed by atoms with Crippen LogP contribution in [0.3, 0.4) is 0 Å². The predicted molar refractivity (Wildman–Crippen MR) is 56.5 cm³/mol. The Morgan fingerprint density at radius 1 is 1.33 bits per heavy atom. The molecule has 15 heavy (non-hydrogen) atoms. The summed E-state index contributed by atoms with van der Waals surface area (Å²) in [6.07, 6.45) is -0.510. The lowest BCUT2D eigenvalue weighted by molar-refractivity contribution is -0.0225. The molecule has 3 heteroatoms. The molecule has 2 N–H and O–H groups in total. The predicted octanol–water partition coefficient (Wildman–Crippen LogP) is 1.18. The Balaban J connectivity index is 2.10. The third-order valence-corrected chi connectivity index (χ3v) is 2.85. The fourth-order valence-electron chi connectivity index (χ4n) is 1.89. The maximum Gasteiger partial charge on any atom is 0.107 e. The topological polar surface area (TPSA) is 49.7 Å². The van der Waals surface area contributed by atoms with Crippen LogP contribution in [0, 0.1) is 6.92 Å². The number of ether oxygens (including phenoxy) is 1. The highest BCUT2D eigenvalue weighted by Crippen LogP contribution is 2.32. The first-order chi connectivity index (χ1) is 7.20. The normalized spacial score (nSPS) is 30.7. The number of aryl methyl sites for hydroxylation is 1. The van der Waals surface area contributed by atoms with Crippen molar-refractivity contribution in [1.29, 1.82) is 0 Å². The Morgan fingerprint density at radius 2 is 2.00 bits per heavy atom. The molecular weight excluding hydrogens is 192 g/mol. The summed E-state index contributed by atoms with van der Waals surface area (Å²) in [5, 5.41) is 18.6. The monoisotopic (exact) mass is 208 g/mol. The second kappa shape index (κ2) is 4.31. The summed E-state index contributed by atoms with van der Waals surface area (Å²) in [5.74, 6) is 0. The molecule has 1 heterocycles. The summed E-state index contributed by atoms with van der Waals surface area (Å²) < 4.78 is 5.55. The molecule has 0 radical (unpaired) electrons. The van der Waals surface area contributed by atoms with Crippen molar-refractivity contribution < 1.29 is 14.9 Å². The molecule has 1 aromatic rings. The highest BCUT2D eigenvalue weighted by Gasteiger charge is 2.33. The molecule has 0 aliphatic carbocycles. The van der Waals surface area contributed by atoms with Gasteiger partial charge in [0.1, 0.15) is 6.10 Å². The van der Waals surface area contributed by atoms with Gasteiger partial charge in [0, 0.05) is 6.42 Å². The molecule has 0 bridgehead atoms. The van der Waals surface area contributed by atoms with Crippen molar-refractivity contribution in [3.63, 3.8) is 0 Å². The highest BCUT2D eigenvalue weighted by molar-refractivity contribution is 5.24. The average Bonchev–Trinajstić information content (AvgIpc) is 2.61. The van der Waals surface area contributed by atoms with E-state index in [0.717, 1.165) is 5.56 Å². The first-order valence-electron chi connectivity index (χ1n) is 5.21. The maximum absolute atomic E-state index is 9.59. The Morgan fingerprint density at radius 3 is 2.53 bits per heavy atom. The van der Waals surface area contributed by atoms with Gasteiger partial charge in [0.15, 0.2) is 0 Å². The fourth-order valence-corrected chi connectivity index (χ4v) is 1.89. The van der Waals surface area contributed by atoms with Gasteiger partial charge in [-0.2, -0.15) is 0 Å². The van der Waals surface area contributed by atoms with Crippen LogP contribution in [-0.2, 0) is 4.74 Å². The van der Waals surface area contributed by atoms with E-state index in [2.05, 4.69) is 0 Å². The van der Waals surface area contributed by atoms with E-state index in [1.807, 2.05) is 31.2 Å². The molecule has 0 unspecified atom stereocenters. The van der Waals surface area contributed by atoms with Gasteiger partial charge in [-0.3, -0.25) is 0 Å². The maximum atomic E-state index is 9.59. The second-order valence-corrected chi connectivity index (χ2v) is 4.06. The van der Waals surface area contributed by atoms with Crippen molar-refractivity contribution >= 4 is 0 Å². The van der Waals surface area contributed by atoms with Gasteiger partial charge >= 0.3 is 0 Å². The summed E-state index contributed by atoms with van der Waals surface area (Å²) >= 11 is 0. The molecule has 82 valence electrons. The first-order valence-corrected chi connectivity index (χ1v) is 5.21. The van der Waals surface area contributed by atoms with Gasteiger partial charge in [-0.15, -0.1) is 0 Å². The summed E-state index contributed by atoms with van der Waals surface area (Å²) in [6.45, 7) is 1.91. The van der Waals surface area contributed by atoms with Gasteiger partial charge in [0.25, 0.3) is 0 Å². The van der Waals surface area contributed by atoms with Gasteiger partial charge in [0.2, 0.25) is 0 Å². The average molecular weight is 208 g/mol. The highest BCUT2D eigenvalue weighted by atomic mass is 16.5. The van der Waals surface area contributed by atoms with E-state index in [0.29, 0.717) is 6.42 Å². The molecule has 1 fully saturated rings. The summed E-state index contributed by atoms with van der Waals surface area (Å²) in [5.41, 5.74) is 2.27. The molecule has 2 rings (SSSR count). The van der Waals surface area contributed by atoms with Crippen LogP contribution in [0.4, 0.5) is 0 Å². The van der Waals surface area contributed by atoms with Crippen LogP contribution < -0.4 is 0 Å². The molecule has 1 saturated heterocycles. The Hall–Kier alpha value is -0.900.